The van der Waals surface area contributed by atoms with Crippen LogP contribution in [-0.4, -0.2) is 36.6 Å². The molecular formula is C16H18N2O2. The van der Waals surface area contributed by atoms with E-state index in [1.54, 1.807) is 6.20 Å². The summed E-state index contributed by atoms with van der Waals surface area (Å²) in [6.45, 7) is 2.11. The highest BCUT2D eigenvalue weighted by Gasteiger charge is 2.15. The molecule has 1 aliphatic heterocycles. The average Bonchev–Trinajstić information content (AvgIpc) is 2.53. The Morgan fingerprint density at radius 2 is 2.15 bits per heavy atom. The number of hydrogen-bond acceptors (Lipinski definition) is 4. The summed E-state index contributed by atoms with van der Waals surface area (Å²) in [5.74, 6) is 0.0364. The van der Waals surface area contributed by atoms with Crippen LogP contribution in [0.25, 0.3) is 10.9 Å². The molecule has 0 aliphatic carbocycles. The highest BCUT2D eigenvalue weighted by molar-refractivity contribution is 6.00. The largest absolute Gasteiger partial charge is 0.370 e. The molecule has 0 bridgehead atoms. The number of carbonyl (C=O) groups excluding carboxylic acids is 1. The second-order valence-corrected chi connectivity index (χ2v) is 5.09. The van der Waals surface area contributed by atoms with Crippen molar-refractivity contribution in [1.82, 2.24) is 10.3 Å². The van der Waals surface area contributed by atoms with Gasteiger partial charge in [0.05, 0.1) is 11.6 Å². The number of benzene rings is 1. The second kappa shape index (κ2) is 6.11. The zero-order valence-corrected chi connectivity index (χ0v) is 11.3. The molecule has 1 aliphatic rings. The van der Waals surface area contributed by atoms with Crippen LogP contribution >= 0.6 is 0 Å². The van der Waals surface area contributed by atoms with E-state index in [1.807, 2.05) is 30.3 Å². The summed E-state index contributed by atoms with van der Waals surface area (Å²) in [7, 11) is 0. The number of aromatic nitrogens is 1. The summed E-state index contributed by atoms with van der Waals surface area (Å²) in [4.78, 5) is 16.4. The normalized spacial score (nSPS) is 16.4. The SMILES string of the molecule is O=C(COC1CCNCC1)c1ccc2ncccc2c1. The molecule has 1 fully saturated rings. The number of carbonyl (C=O) groups is 1. The van der Waals surface area contributed by atoms with Gasteiger partial charge in [0.25, 0.3) is 0 Å². The van der Waals surface area contributed by atoms with E-state index in [2.05, 4.69) is 10.3 Å². The van der Waals surface area contributed by atoms with Gasteiger partial charge in [0.2, 0.25) is 0 Å². The molecule has 20 heavy (non-hydrogen) atoms. The molecule has 0 spiro atoms. The van der Waals surface area contributed by atoms with Gasteiger partial charge in [0, 0.05) is 17.1 Å². The van der Waals surface area contributed by atoms with Crippen molar-refractivity contribution in [1.29, 1.82) is 0 Å². The molecule has 4 nitrogen and oxygen atoms in total. The zero-order valence-electron chi connectivity index (χ0n) is 11.3. The Labute approximate surface area is 118 Å². The van der Waals surface area contributed by atoms with Gasteiger partial charge in [-0.05, 0) is 50.2 Å². The van der Waals surface area contributed by atoms with Crippen LogP contribution in [0, 0.1) is 0 Å². The molecule has 1 N–H and O–H groups in total. The molecule has 0 radical (unpaired) electrons. The lowest BCUT2D eigenvalue weighted by molar-refractivity contribution is 0.0318. The molecule has 0 unspecified atom stereocenters. The minimum Gasteiger partial charge on any atom is -0.370 e. The van der Waals surface area contributed by atoms with E-state index in [-0.39, 0.29) is 18.5 Å². The standard InChI is InChI=1S/C16H18N2O2/c19-16(11-20-14-5-8-17-9-6-14)13-3-4-15-12(10-13)2-1-7-18-15/h1-4,7,10,14,17H,5-6,8-9,11H2. The Morgan fingerprint density at radius 3 is 3.00 bits per heavy atom. The van der Waals surface area contributed by atoms with Crippen LogP contribution in [0.15, 0.2) is 36.5 Å². The van der Waals surface area contributed by atoms with E-state index in [0.717, 1.165) is 36.8 Å². The molecule has 0 saturated carbocycles. The van der Waals surface area contributed by atoms with Crippen LogP contribution in [-0.2, 0) is 4.74 Å². The van der Waals surface area contributed by atoms with Gasteiger partial charge in [-0.25, -0.2) is 0 Å². The Kier molecular flexibility index (Phi) is 4.04. The van der Waals surface area contributed by atoms with Gasteiger partial charge in [-0.15, -0.1) is 0 Å². The van der Waals surface area contributed by atoms with E-state index >= 15 is 0 Å². The van der Waals surface area contributed by atoms with Crippen molar-refractivity contribution >= 4 is 16.7 Å². The summed E-state index contributed by atoms with van der Waals surface area (Å²) in [5, 5.41) is 4.27. The number of Topliss-reactive ketones (excluding diaryl/α,β-unsaturated/α-hetero) is 1. The smallest absolute Gasteiger partial charge is 0.188 e. The minimum absolute atomic E-state index is 0.0364. The molecule has 1 saturated heterocycles. The third kappa shape index (κ3) is 3.03. The van der Waals surface area contributed by atoms with E-state index in [0.29, 0.717) is 5.56 Å². The number of nitrogens with zero attached hydrogens (tertiary/aromatic N) is 1. The number of ether oxygens (including phenoxy) is 1. The highest BCUT2D eigenvalue weighted by Crippen LogP contribution is 2.14. The average molecular weight is 270 g/mol. The quantitative estimate of drug-likeness (QED) is 0.865. The van der Waals surface area contributed by atoms with Gasteiger partial charge in [0.1, 0.15) is 6.61 Å². The molecule has 0 atom stereocenters. The third-order valence-corrected chi connectivity index (χ3v) is 3.66. The molecule has 1 aromatic heterocycles. The van der Waals surface area contributed by atoms with Gasteiger partial charge >= 0.3 is 0 Å². The molecule has 3 rings (SSSR count). The maximum atomic E-state index is 12.2. The van der Waals surface area contributed by atoms with Crippen LogP contribution in [0.2, 0.25) is 0 Å². The molecule has 4 heteroatoms. The summed E-state index contributed by atoms with van der Waals surface area (Å²) in [6, 6.07) is 9.43. The van der Waals surface area contributed by atoms with Crippen molar-refractivity contribution in [2.45, 2.75) is 18.9 Å². The van der Waals surface area contributed by atoms with Gasteiger partial charge in [-0.1, -0.05) is 6.07 Å². The van der Waals surface area contributed by atoms with Crippen LogP contribution in [0.4, 0.5) is 0 Å². The Bertz CT molecular complexity index is 606. The number of fused-ring (bicyclic) bond motifs is 1. The number of pyridine rings is 1. The Morgan fingerprint density at radius 1 is 1.30 bits per heavy atom. The molecule has 0 amide bonds. The molecular weight excluding hydrogens is 252 g/mol. The van der Waals surface area contributed by atoms with Crippen molar-refractivity contribution in [3.63, 3.8) is 0 Å². The first-order valence-electron chi connectivity index (χ1n) is 7.03. The van der Waals surface area contributed by atoms with Gasteiger partial charge < -0.3 is 10.1 Å². The van der Waals surface area contributed by atoms with Crippen molar-refractivity contribution in [2.24, 2.45) is 0 Å². The van der Waals surface area contributed by atoms with Gasteiger partial charge in [0.15, 0.2) is 5.78 Å². The topological polar surface area (TPSA) is 51.2 Å². The number of ketones is 1. The Balaban J connectivity index is 1.65. The van der Waals surface area contributed by atoms with Gasteiger partial charge in [-0.3, -0.25) is 9.78 Å². The molecule has 104 valence electrons. The lowest BCUT2D eigenvalue weighted by Gasteiger charge is -2.22. The van der Waals surface area contributed by atoms with Crippen LogP contribution in [0.5, 0.6) is 0 Å². The monoisotopic (exact) mass is 270 g/mol. The number of rotatable bonds is 4. The first-order chi connectivity index (χ1) is 9.83. The first-order valence-corrected chi connectivity index (χ1v) is 7.03. The lowest BCUT2D eigenvalue weighted by atomic mass is 10.1. The first kappa shape index (κ1) is 13.2. The van der Waals surface area contributed by atoms with Crippen LogP contribution in [0.3, 0.4) is 0 Å². The third-order valence-electron chi connectivity index (χ3n) is 3.66. The zero-order chi connectivity index (χ0) is 13.8. The lowest BCUT2D eigenvalue weighted by Crippen LogP contribution is -2.33. The van der Waals surface area contributed by atoms with Crippen molar-refractivity contribution < 1.29 is 9.53 Å². The number of nitrogens with one attached hydrogen (secondary N) is 1. The predicted molar refractivity (Wildman–Crippen MR) is 77.9 cm³/mol. The minimum atomic E-state index is 0.0364. The molecule has 2 heterocycles. The number of hydrogen-bond donors (Lipinski definition) is 1. The van der Waals surface area contributed by atoms with E-state index in [9.17, 15) is 4.79 Å². The maximum absolute atomic E-state index is 12.2. The summed E-state index contributed by atoms with van der Waals surface area (Å²) >= 11 is 0. The Hall–Kier alpha value is -1.78. The van der Waals surface area contributed by atoms with Gasteiger partial charge in [-0.2, -0.15) is 0 Å². The fourth-order valence-corrected chi connectivity index (χ4v) is 2.49. The molecule has 2 aromatic rings. The van der Waals surface area contributed by atoms with Crippen molar-refractivity contribution in [3.8, 4) is 0 Å². The second-order valence-electron chi connectivity index (χ2n) is 5.09. The summed E-state index contributed by atoms with van der Waals surface area (Å²) in [6.07, 6.45) is 3.93. The van der Waals surface area contributed by atoms with E-state index in [4.69, 9.17) is 4.74 Å². The fourth-order valence-electron chi connectivity index (χ4n) is 2.49. The van der Waals surface area contributed by atoms with Crippen LogP contribution in [0.1, 0.15) is 23.2 Å². The predicted octanol–water partition coefficient (Wildman–Crippen LogP) is 2.19. The molecule has 1 aromatic carbocycles. The fraction of sp³-hybridized carbons (Fsp3) is 0.375. The summed E-state index contributed by atoms with van der Waals surface area (Å²) < 4.78 is 5.71. The summed E-state index contributed by atoms with van der Waals surface area (Å²) in [5.41, 5.74) is 1.60. The van der Waals surface area contributed by atoms with E-state index < -0.39 is 0 Å². The highest BCUT2D eigenvalue weighted by atomic mass is 16.5. The van der Waals surface area contributed by atoms with Crippen molar-refractivity contribution in [2.75, 3.05) is 19.7 Å². The van der Waals surface area contributed by atoms with Crippen molar-refractivity contribution in [3.05, 3.63) is 42.1 Å². The van der Waals surface area contributed by atoms with Crippen LogP contribution < -0.4 is 5.32 Å². The maximum Gasteiger partial charge on any atom is 0.188 e. The number of piperidine rings is 1. The van der Waals surface area contributed by atoms with E-state index in [1.165, 1.54) is 0 Å².